The van der Waals surface area contributed by atoms with E-state index in [1.807, 2.05) is 54.6 Å². The molecule has 0 saturated carbocycles. The van der Waals surface area contributed by atoms with Crippen molar-refractivity contribution in [1.29, 1.82) is 0 Å². The van der Waals surface area contributed by atoms with Gasteiger partial charge in [0, 0.05) is 54.9 Å². The molecule has 10 aromatic carbocycles. The Kier molecular flexibility index (Phi) is 9.17. The third-order valence-corrected chi connectivity index (χ3v) is 14.6. The van der Waals surface area contributed by atoms with E-state index in [2.05, 4.69) is 194 Å². The van der Waals surface area contributed by atoms with E-state index in [0.717, 1.165) is 61.0 Å². The van der Waals surface area contributed by atoms with Crippen LogP contribution in [0.15, 0.2) is 235 Å². The number of benzene rings is 10. The molecule has 0 atom stereocenters. The van der Waals surface area contributed by atoms with Gasteiger partial charge in [0.15, 0.2) is 17.5 Å². The van der Waals surface area contributed by atoms with Gasteiger partial charge in [-0.05, 0) is 98.6 Å². The molecule has 0 N–H and O–H groups in total. The van der Waals surface area contributed by atoms with Gasteiger partial charge in [-0.3, -0.25) is 0 Å². The molecule has 0 unspecified atom stereocenters. The Morgan fingerprint density at radius 2 is 0.887 bits per heavy atom. The number of furan rings is 1. The van der Waals surface area contributed by atoms with Crippen molar-refractivity contribution in [2.75, 3.05) is 0 Å². The number of fused-ring (bicyclic) bond motifs is 9. The van der Waals surface area contributed by atoms with Gasteiger partial charge in [0.2, 0.25) is 0 Å². The van der Waals surface area contributed by atoms with Crippen molar-refractivity contribution in [3.8, 4) is 84.4 Å². The summed E-state index contributed by atoms with van der Waals surface area (Å²) in [5, 5.41) is 4.57. The van der Waals surface area contributed by atoms with Gasteiger partial charge in [-0.15, -0.1) is 0 Å². The summed E-state index contributed by atoms with van der Waals surface area (Å²) < 4.78 is 8.75. The number of rotatable bonds is 7. The van der Waals surface area contributed by atoms with Gasteiger partial charge in [-0.1, -0.05) is 196 Å². The monoisotopic (exact) mass is 908 g/mol. The minimum absolute atomic E-state index is 0.0720. The maximum absolute atomic E-state index is 6.30. The summed E-state index contributed by atoms with van der Waals surface area (Å²) in [4.78, 5) is 15.3. The van der Waals surface area contributed by atoms with Crippen LogP contribution >= 0.6 is 0 Å². The molecule has 14 rings (SSSR count). The highest BCUT2D eigenvalue weighted by molar-refractivity contribution is 6.14. The molecule has 0 radical (unpaired) electrons. The molecule has 0 fully saturated rings. The number of hydrogen-bond acceptors (Lipinski definition) is 4. The van der Waals surface area contributed by atoms with Gasteiger partial charge >= 0.3 is 0 Å². The predicted molar refractivity (Wildman–Crippen MR) is 292 cm³/mol. The average Bonchev–Trinajstić information content (AvgIpc) is 4.06. The second-order valence-electron chi connectivity index (χ2n) is 19.1. The van der Waals surface area contributed by atoms with Gasteiger partial charge in [0.05, 0.1) is 11.0 Å². The van der Waals surface area contributed by atoms with Gasteiger partial charge in [0.25, 0.3) is 0 Å². The smallest absolute Gasteiger partial charge is 0.164 e. The van der Waals surface area contributed by atoms with Gasteiger partial charge in [0.1, 0.15) is 11.2 Å². The Balaban J connectivity index is 0.881. The van der Waals surface area contributed by atoms with Crippen molar-refractivity contribution in [2.45, 2.75) is 19.3 Å². The van der Waals surface area contributed by atoms with E-state index in [0.29, 0.717) is 17.5 Å². The molecule has 0 spiro atoms. The van der Waals surface area contributed by atoms with E-state index in [1.165, 1.54) is 60.8 Å². The Morgan fingerprint density at radius 3 is 1.73 bits per heavy atom. The van der Waals surface area contributed by atoms with Crippen molar-refractivity contribution in [2.24, 2.45) is 0 Å². The van der Waals surface area contributed by atoms with E-state index in [1.54, 1.807) is 0 Å². The van der Waals surface area contributed by atoms with Crippen molar-refractivity contribution in [3.63, 3.8) is 0 Å². The summed E-state index contributed by atoms with van der Waals surface area (Å²) in [5.74, 6) is 1.79. The minimum atomic E-state index is -0.0720. The lowest BCUT2D eigenvalue weighted by Gasteiger charge is -2.21. The van der Waals surface area contributed by atoms with Gasteiger partial charge in [-0.2, -0.15) is 0 Å². The lowest BCUT2D eigenvalue weighted by molar-refractivity contribution is 0.660. The molecule has 334 valence electrons. The zero-order valence-corrected chi connectivity index (χ0v) is 39.1. The molecular weight excluding hydrogens is 865 g/mol. The zero-order valence-electron chi connectivity index (χ0n) is 39.1. The van der Waals surface area contributed by atoms with Crippen molar-refractivity contribution < 1.29 is 4.42 Å². The summed E-state index contributed by atoms with van der Waals surface area (Å²) in [5.41, 5.74) is 20.1. The topological polar surface area (TPSA) is 56.7 Å². The molecule has 1 aliphatic rings. The fraction of sp³-hybridized carbons (Fsp3) is 0.0455. The molecule has 3 aromatic heterocycles. The fourth-order valence-corrected chi connectivity index (χ4v) is 11.2. The van der Waals surface area contributed by atoms with Crippen LogP contribution in [0.25, 0.3) is 128 Å². The van der Waals surface area contributed by atoms with Crippen LogP contribution in [0.4, 0.5) is 0 Å². The standard InChI is InChI=1S/C66H44N4O/c1-66(2)56-31-9-6-27-55(56)61-49(28-16-32-57(61)66)44-21-13-22-45(38-44)50-29-15-30-54-51-25-7-10-33-58(51)70(62(50)54)48-24-14-20-43(39-48)42-19-12-23-46(37-42)64-67-63(41-17-4-3-5-18-41)68-65(69-64)47-35-36-53-52-26-8-11-34-59(52)71-60(53)40-47/h3-40H,1-2H3. The van der Waals surface area contributed by atoms with Crippen LogP contribution in [0, 0.1) is 0 Å². The highest BCUT2D eigenvalue weighted by atomic mass is 16.3. The number of nitrogens with zero attached hydrogens (tertiary/aromatic N) is 4. The third kappa shape index (κ3) is 6.58. The summed E-state index contributed by atoms with van der Waals surface area (Å²) >= 11 is 0. The molecular formula is C66H44N4O. The van der Waals surface area contributed by atoms with Crippen LogP contribution in [-0.2, 0) is 5.41 Å². The van der Waals surface area contributed by atoms with Crippen LogP contribution in [-0.4, -0.2) is 19.5 Å². The van der Waals surface area contributed by atoms with Crippen LogP contribution < -0.4 is 0 Å². The maximum Gasteiger partial charge on any atom is 0.164 e. The quantitative estimate of drug-likeness (QED) is 0.160. The lowest BCUT2D eigenvalue weighted by atomic mass is 9.82. The molecule has 3 heterocycles. The second kappa shape index (κ2) is 15.9. The molecule has 5 nitrogen and oxygen atoms in total. The average molecular weight is 909 g/mol. The van der Waals surface area contributed by atoms with Gasteiger partial charge in [-0.25, -0.2) is 15.0 Å². The van der Waals surface area contributed by atoms with E-state index >= 15 is 0 Å². The Labute approximate surface area is 411 Å². The maximum atomic E-state index is 6.30. The molecule has 71 heavy (non-hydrogen) atoms. The second-order valence-corrected chi connectivity index (χ2v) is 19.1. The highest BCUT2D eigenvalue weighted by Crippen LogP contribution is 2.52. The summed E-state index contributed by atoms with van der Waals surface area (Å²) in [6.07, 6.45) is 0. The van der Waals surface area contributed by atoms with Gasteiger partial charge < -0.3 is 8.98 Å². The molecule has 0 aliphatic heterocycles. The number of hydrogen-bond donors (Lipinski definition) is 0. The van der Waals surface area contributed by atoms with E-state index in [4.69, 9.17) is 19.4 Å². The first-order valence-electron chi connectivity index (χ1n) is 24.3. The third-order valence-electron chi connectivity index (χ3n) is 14.6. The van der Waals surface area contributed by atoms with Crippen molar-refractivity contribution in [1.82, 2.24) is 19.5 Å². The first kappa shape index (κ1) is 40.8. The van der Waals surface area contributed by atoms with Crippen LogP contribution in [0.1, 0.15) is 25.0 Å². The van der Waals surface area contributed by atoms with Crippen LogP contribution in [0.2, 0.25) is 0 Å². The Morgan fingerprint density at radius 1 is 0.352 bits per heavy atom. The molecule has 0 saturated heterocycles. The Hall–Kier alpha value is -9.19. The minimum Gasteiger partial charge on any atom is -0.456 e. The van der Waals surface area contributed by atoms with Crippen molar-refractivity contribution in [3.05, 3.63) is 242 Å². The van der Waals surface area contributed by atoms with E-state index in [9.17, 15) is 0 Å². The highest BCUT2D eigenvalue weighted by Gasteiger charge is 2.36. The molecule has 5 heteroatoms. The lowest BCUT2D eigenvalue weighted by Crippen LogP contribution is -2.14. The predicted octanol–water partition coefficient (Wildman–Crippen LogP) is 17.2. The fourth-order valence-electron chi connectivity index (χ4n) is 11.2. The summed E-state index contributed by atoms with van der Waals surface area (Å²) in [7, 11) is 0. The number of para-hydroxylation sites is 3. The van der Waals surface area contributed by atoms with E-state index in [-0.39, 0.29) is 5.41 Å². The van der Waals surface area contributed by atoms with Crippen LogP contribution in [0.5, 0.6) is 0 Å². The largest absolute Gasteiger partial charge is 0.456 e. The first-order chi connectivity index (χ1) is 34.9. The summed E-state index contributed by atoms with van der Waals surface area (Å²) in [6, 6.07) is 82.3. The molecule has 13 aromatic rings. The van der Waals surface area contributed by atoms with Crippen LogP contribution in [0.3, 0.4) is 0 Å². The normalized spacial score (nSPS) is 12.8. The number of aromatic nitrogens is 4. The first-order valence-corrected chi connectivity index (χ1v) is 24.3. The molecule has 1 aliphatic carbocycles. The molecule has 0 amide bonds. The summed E-state index contributed by atoms with van der Waals surface area (Å²) in [6.45, 7) is 4.70. The Bertz CT molecular complexity index is 4270. The SMILES string of the molecule is CC1(C)c2ccccc2-c2c(-c3cccc(-c4cccc5c6ccccc6n(-c6cccc(-c7cccc(-c8nc(-c9ccccc9)nc(-c9ccc%10c(c9)oc9ccccc9%10)n8)c7)c6)c45)c3)cccc21. The van der Waals surface area contributed by atoms with E-state index < -0.39 is 0 Å². The van der Waals surface area contributed by atoms with Crippen molar-refractivity contribution >= 4 is 43.7 Å². The zero-order chi connectivity index (χ0) is 47.2. The molecule has 0 bridgehead atoms.